The van der Waals surface area contributed by atoms with E-state index in [0.717, 1.165) is 44.5 Å². The van der Waals surface area contributed by atoms with Crippen LogP contribution in [-0.4, -0.2) is 44.1 Å². The number of guanidine groups is 1. The predicted molar refractivity (Wildman–Crippen MR) is 110 cm³/mol. The monoisotopic (exact) mass is 443 g/mol. The standard InChI is InChI=1S/C19H29N3O.HI/c1-15-8-11-22(12-9-15)19(20-2)21-14-17-10-13-23-18(17)16-6-4-3-5-7-16;/h3-7,15,17-18H,8-14H2,1-2H3,(H,20,21);1H. The average Bonchev–Trinajstić information content (AvgIpc) is 3.06. The lowest BCUT2D eigenvalue weighted by Crippen LogP contribution is -2.46. The molecule has 3 rings (SSSR count). The van der Waals surface area contributed by atoms with Gasteiger partial charge < -0.3 is 15.0 Å². The lowest BCUT2D eigenvalue weighted by atomic mass is 9.95. The van der Waals surface area contributed by atoms with Crippen LogP contribution in [-0.2, 0) is 4.74 Å². The van der Waals surface area contributed by atoms with E-state index in [1.165, 1.54) is 18.4 Å². The van der Waals surface area contributed by atoms with Crippen LogP contribution in [0.2, 0.25) is 0 Å². The van der Waals surface area contributed by atoms with Crippen LogP contribution in [0.3, 0.4) is 0 Å². The van der Waals surface area contributed by atoms with Crippen LogP contribution in [0.5, 0.6) is 0 Å². The Morgan fingerprint density at radius 2 is 1.92 bits per heavy atom. The van der Waals surface area contributed by atoms with Gasteiger partial charge in [0.1, 0.15) is 0 Å². The molecule has 1 aromatic rings. The molecule has 4 nitrogen and oxygen atoms in total. The molecule has 0 aliphatic carbocycles. The maximum atomic E-state index is 5.98. The molecule has 2 fully saturated rings. The number of ether oxygens (including phenoxy) is 1. The zero-order valence-electron chi connectivity index (χ0n) is 14.8. The fourth-order valence-corrected chi connectivity index (χ4v) is 3.63. The molecule has 2 heterocycles. The molecule has 0 amide bonds. The molecule has 24 heavy (non-hydrogen) atoms. The molecule has 0 aromatic heterocycles. The third-order valence-corrected chi connectivity index (χ3v) is 5.16. The molecule has 2 atom stereocenters. The summed E-state index contributed by atoms with van der Waals surface area (Å²) in [7, 11) is 1.89. The van der Waals surface area contributed by atoms with Gasteiger partial charge in [0, 0.05) is 39.2 Å². The Hall–Kier alpha value is -0.820. The third kappa shape index (κ3) is 4.85. The topological polar surface area (TPSA) is 36.9 Å². The Kier molecular flexibility index (Phi) is 7.81. The van der Waals surface area contributed by atoms with Gasteiger partial charge in [-0.05, 0) is 30.7 Å². The highest BCUT2D eigenvalue weighted by Gasteiger charge is 2.30. The molecule has 2 aliphatic rings. The normalized spacial score (nSPS) is 25.4. The smallest absolute Gasteiger partial charge is 0.193 e. The van der Waals surface area contributed by atoms with Gasteiger partial charge in [-0.2, -0.15) is 0 Å². The van der Waals surface area contributed by atoms with Gasteiger partial charge in [0.2, 0.25) is 0 Å². The van der Waals surface area contributed by atoms with Crippen molar-refractivity contribution in [3.8, 4) is 0 Å². The first kappa shape index (κ1) is 19.5. The number of benzene rings is 1. The Morgan fingerprint density at radius 1 is 1.21 bits per heavy atom. The number of likely N-dealkylation sites (tertiary alicyclic amines) is 1. The summed E-state index contributed by atoms with van der Waals surface area (Å²) in [5.74, 6) is 2.41. The van der Waals surface area contributed by atoms with Gasteiger partial charge in [-0.25, -0.2) is 0 Å². The maximum Gasteiger partial charge on any atom is 0.193 e. The van der Waals surface area contributed by atoms with Crippen molar-refractivity contribution in [3.63, 3.8) is 0 Å². The van der Waals surface area contributed by atoms with Gasteiger partial charge in [0.25, 0.3) is 0 Å². The van der Waals surface area contributed by atoms with E-state index in [1.807, 2.05) is 7.05 Å². The summed E-state index contributed by atoms with van der Waals surface area (Å²) in [5, 5.41) is 3.59. The third-order valence-electron chi connectivity index (χ3n) is 5.16. The van der Waals surface area contributed by atoms with Gasteiger partial charge in [-0.15, -0.1) is 24.0 Å². The van der Waals surface area contributed by atoms with Crippen LogP contribution < -0.4 is 5.32 Å². The lowest BCUT2D eigenvalue weighted by Gasteiger charge is -2.33. The van der Waals surface area contributed by atoms with E-state index in [0.29, 0.717) is 5.92 Å². The Balaban J connectivity index is 0.00000208. The largest absolute Gasteiger partial charge is 0.373 e. The molecule has 1 N–H and O–H groups in total. The zero-order valence-corrected chi connectivity index (χ0v) is 17.1. The number of hydrogen-bond donors (Lipinski definition) is 1. The first-order valence-electron chi connectivity index (χ1n) is 8.90. The van der Waals surface area contributed by atoms with Crippen molar-refractivity contribution in [2.45, 2.75) is 32.3 Å². The minimum absolute atomic E-state index is 0. The summed E-state index contributed by atoms with van der Waals surface area (Å²) in [5.41, 5.74) is 1.29. The molecule has 2 aliphatic heterocycles. The minimum Gasteiger partial charge on any atom is -0.373 e. The van der Waals surface area contributed by atoms with Gasteiger partial charge in [-0.3, -0.25) is 4.99 Å². The number of hydrogen-bond acceptors (Lipinski definition) is 2. The molecule has 5 heteroatoms. The van der Waals surface area contributed by atoms with E-state index < -0.39 is 0 Å². The van der Waals surface area contributed by atoms with Crippen LogP contribution in [0.4, 0.5) is 0 Å². The zero-order chi connectivity index (χ0) is 16.1. The van der Waals surface area contributed by atoms with Crippen LogP contribution in [0.15, 0.2) is 35.3 Å². The summed E-state index contributed by atoms with van der Waals surface area (Å²) in [4.78, 5) is 6.88. The van der Waals surface area contributed by atoms with Crippen molar-refractivity contribution in [3.05, 3.63) is 35.9 Å². The van der Waals surface area contributed by atoms with E-state index in [2.05, 4.69) is 52.5 Å². The average molecular weight is 443 g/mol. The van der Waals surface area contributed by atoms with E-state index in [1.54, 1.807) is 0 Å². The number of piperidine rings is 1. The molecule has 2 unspecified atom stereocenters. The van der Waals surface area contributed by atoms with E-state index >= 15 is 0 Å². The number of halogens is 1. The number of aliphatic imine (C=N–C) groups is 1. The first-order valence-corrected chi connectivity index (χ1v) is 8.90. The number of nitrogens with zero attached hydrogens (tertiary/aromatic N) is 2. The molecule has 0 radical (unpaired) electrons. The molecule has 0 bridgehead atoms. The van der Waals surface area contributed by atoms with Crippen molar-refractivity contribution in [2.75, 3.05) is 33.3 Å². The van der Waals surface area contributed by atoms with Crippen molar-refractivity contribution < 1.29 is 4.74 Å². The molecule has 0 saturated carbocycles. The van der Waals surface area contributed by atoms with Gasteiger partial charge >= 0.3 is 0 Å². The summed E-state index contributed by atoms with van der Waals surface area (Å²) < 4.78 is 5.98. The molecule has 0 spiro atoms. The van der Waals surface area contributed by atoms with Crippen LogP contribution in [0, 0.1) is 11.8 Å². The summed E-state index contributed by atoms with van der Waals surface area (Å²) >= 11 is 0. The molecule has 1 aromatic carbocycles. The quantitative estimate of drug-likeness (QED) is 0.440. The lowest BCUT2D eigenvalue weighted by molar-refractivity contribution is 0.0913. The van der Waals surface area contributed by atoms with Crippen LogP contribution >= 0.6 is 24.0 Å². The Labute approximate surface area is 163 Å². The van der Waals surface area contributed by atoms with Gasteiger partial charge in [-0.1, -0.05) is 37.3 Å². The Bertz CT molecular complexity index is 515. The maximum absolute atomic E-state index is 5.98. The number of rotatable bonds is 3. The van der Waals surface area contributed by atoms with Crippen LogP contribution in [0.1, 0.15) is 37.9 Å². The fourth-order valence-electron chi connectivity index (χ4n) is 3.63. The number of nitrogens with one attached hydrogen (secondary N) is 1. The predicted octanol–water partition coefficient (Wildman–Crippen LogP) is 3.69. The summed E-state index contributed by atoms with van der Waals surface area (Å²) in [6, 6.07) is 10.6. The van der Waals surface area contributed by atoms with Crippen molar-refractivity contribution in [2.24, 2.45) is 16.8 Å². The Morgan fingerprint density at radius 3 is 2.58 bits per heavy atom. The van der Waals surface area contributed by atoms with E-state index in [9.17, 15) is 0 Å². The molecule has 134 valence electrons. The SMILES string of the molecule is CN=C(NCC1CCOC1c1ccccc1)N1CCC(C)CC1.I. The highest BCUT2D eigenvalue weighted by atomic mass is 127. The van der Waals surface area contributed by atoms with Gasteiger partial charge in [0.05, 0.1) is 6.10 Å². The first-order chi connectivity index (χ1) is 11.3. The second-order valence-electron chi connectivity index (χ2n) is 6.85. The van der Waals surface area contributed by atoms with Crippen molar-refractivity contribution in [1.82, 2.24) is 10.2 Å². The van der Waals surface area contributed by atoms with Crippen LogP contribution in [0.25, 0.3) is 0 Å². The highest BCUT2D eigenvalue weighted by molar-refractivity contribution is 14.0. The second-order valence-corrected chi connectivity index (χ2v) is 6.85. The molecular formula is C19H30IN3O. The summed E-state index contributed by atoms with van der Waals surface area (Å²) in [6.07, 6.45) is 3.85. The van der Waals surface area contributed by atoms with Gasteiger partial charge in [0.15, 0.2) is 5.96 Å². The second kappa shape index (κ2) is 9.61. The van der Waals surface area contributed by atoms with Crippen molar-refractivity contribution in [1.29, 1.82) is 0 Å². The highest BCUT2D eigenvalue weighted by Crippen LogP contribution is 2.33. The molecule has 2 saturated heterocycles. The van der Waals surface area contributed by atoms with Crippen molar-refractivity contribution >= 4 is 29.9 Å². The van der Waals surface area contributed by atoms with E-state index in [4.69, 9.17) is 4.74 Å². The van der Waals surface area contributed by atoms with E-state index in [-0.39, 0.29) is 30.1 Å². The minimum atomic E-state index is 0. The summed E-state index contributed by atoms with van der Waals surface area (Å²) in [6.45, 7) is 6.35. The molecular weight excluding hydrogens is 413 g/mol. The fraction of sp³-hybridized carbons (Fsp3) is 0.632.